The van der Waals surface area contributed by atoms with Crippen molar-refractivity contribution in [3.05, 3.63) is 58.1 Å². The second kappa shape index (κ2) is 6.66. The number of halogens is 2. The van der Waals surface area contributed by atoms with Crippen LogP contribution in [-0.2, 0) is 16.6 Å². The minimum Gasteiger partial charge on any atom is -0.381 e. The molecule has 0 aliphatic carbocycles. The van der Waals surface area contributed by atoms with E-state index in [-0.39, 0.29) is 4.90 Å². The number of hydrogen-bond donors (Lipinski definition) is 2. The van der Waals surface area contributed by atoms with Gasteiger partial charge in [0, 0.05) is 22.3 Å². The molecule has 2 N–H and O–H groups in total. The minimum atomic E-state index is -3.41. The Bertz CT molecular complexity index is 731. The molecule has 0 heterocycles. The molecule has 0 amide bonds. The van der Waals surface area contributed by atoms with E-state index >= 15 is 0 Å². The molecule has 21 heavy (non-hydrogen) atoms. The molecule has 0 unspecified atom stereocenters. The third-order valence-corrected chi connectivity index (χ3v) is 4.95. The molecule has 112 valence electrons. The number of hydrogen-bond acceptors (Lipinski definition) is 3. The number of rotatable bonds is 5. The van der Waals surface area contributed by atoms with Crippen LogP contribution >= 0.6 is 23.2 Å². The van der Waals surface area contributed by atoms with E-state index in [1.165, 1.54) is 19.2 Å². The summed E-state index contributed by atoms with van der Waals surface area (Å²) in [6.45, 7) is 0.522. The topological polar surface area (TPSA) is 58.2 Å². The lowest BCUT2D eigenvalue weighted by Crippen LogP contribution is -2.18. The van der Waals surface area contributed by atoms with Gasteiger partial charge < -0.3 is 5.32 Å². The van der Waals surface area contributed by atoms with Crippen molar-refractivity contribution in [2.45, 2.75) is 11.4 Å². The monoisotopic (exact) mass is 344 g/mol. The molecule has 0 radical (unpaired) electrons. The Morgan fingerprint density at radius 1 is 1.05 bits per heavy atom. The third kappa shape index (κ3) is 4.11. The van der Waals surface area contributed by atoms with E-state index in [9.17, 15) is 8.42 Å². The maximum absolute atomic E-state index is 11.6. The van der Waals surface area contributed by atoms with Crippen LogP contribution in [0, 0.1) is 0 Å². The summed E-state index contributed by atoms with van der Waals surface area (Å²) in [4.78, 5) is 0.222. The van der Waals surface area contributed by atoms with Crippen LogP contribution in [-0.4, -0.2) is 15.5 Å². The van der Waals surface area contributed by atoms with Gasteiger partial charge in [-0.1, -0.05) is 29.3 Å². The van der Waals surface area contributed by atoms with Crippen molar-refractivity contribution >= 4 is 38.9 Å². The van der Waals surface area contributed by atoms with E-state index in [2.05, 4.69) is 10.0 Å². The van der Waals surface area contributed by atoms with Gasteiger partial charge in [-0.2, -0.15) is 0 Å². The summed E-state index contributed by atoms with van der Waals surface area (Å²) < 4.78 is 25.5. The first-order valence-electron chi connectivity index (χ1n) is 6.14. The first-order valence-corrected chi connectivity index (χ1v) is 8.38. The van der Waals surface area contributed by atoms with Crippen LogP contribution in [0.2, 0.25) is 10.0 Å². The van der Waals surface area contributed by atoms with E-state index in [0.717, 1.165) is 11.3 Å². The number of anilines is 1. The smallest absolute Gasteiger partial charge is 0.240 e. The Morgan fingerprint density at radius 2 is 1.71 bits per heavy atom. The highest BCUT2D eigenvalue weighted by molar-refractivity contribution is 7.89. The summed E-state index contributed by atoms with van der Waals surface area (Å²) in [6.07, 6.45) is 0. The second-order valence-corrected chi connectivity index (χ2v) is 7.05. The van der Waals surface area contributed by atoms with E-state index in [4.69, 9.17) is 23.2 Å². The van der Waals surface area contributed by atoms with Gasteiger partial charge >= 0.3 is 0 Å². The summed E-state index contributed by atoms with van der Waals surface area (Å²) in [5.74, 6) is 0. The number of nitrogens with one attached hydrogen (secondary N) is 2. The van der Waals surface area contributed by atoms with Gasteiger partial charge in [0.1, 0.15) is 0 Å². The maximum Gasteiger partial charge on any atom is 0.240 e. The highest BCUT2D eigenvalue weighted by Crippen LogP contribution is 2.22. The number of benzene rings is 2. The summed E-state index contributed by atoms with van der Waals surface area (Å²) in [5, 5.41) is 4.35. The molecule has 0 aromatic heterocycles. The van der Waals surface area contributed by atoms with Crippen molar-refractivity contribution in [2.75, 3.05) is 12.4 Å². The van der Waals surface area contributed by atoms with Crippen molar-refractivity contribution in [3.63, 3.8) is 0 Å². The van der Waals surface area contributed by atoms with Crippen LogP contribution in [0.5, 0.6) is 0 Å². The minimum absolute atomic E-state index is 0.222. The van der Waals surface area contributed by atoms with Crippen molar-refractivity contribution in [2.24, 2.45) is 0 Å². The molecular weight excluding hydrogens is 331 g/mol. The Labute approximate surface area is 134 Å². The van der Waals surface area contributed by atoms with Gasteiger partial charge in [-0.15, -0.1) is 0 Å². The fourth-order valence-corrected chi connectivity index (χ4v) is 2.94. The lowest BCUT2D eigenvalue weighted by molar-refractivity contribution is 0.588. The highest BCUT2D eigenvalue weighted by Gasteiger charge is 2.10. The molecule has 0 bridgehead atoms. The molecule has 0 aliphatic heterocycles. The highest BCUT2D eigenvalue weighted by atomic mass is 35.5. The first-order chi connectivity index (χ1) is 9.92. The first kappa shape index (κ1) is 16.1. The van der Waals surface area contributed by atoms with Crippen LogP contribution in [0.4, 0.5) is 5.69 Å². The van der Waals surface area contributed by atoms with Gasteiger partial charge in [0.05, 0.1) is 4.90 Å². The van der Waals surface area contributed by atoms with Crippen LogP contribution in [0.3, 0.4) is 0 Å². The zero-order valence-corrected chi connectivity index (χ0v) is 13.6. The van der Waals surface area contributed by atoms with Gasteiger partial charge in [0.25, 0.3) is 0 Å². The molecule has 0 spiro atoms. The summed E-state index contributed by atoms with van der Waals surface area (Å²) in [6, 6.07) is 11.8. The van der Waals surface area contributed by atoms with Crippen molar-refractivity contribution < 1.29 is 8.42 Å². The average Bonchev–Trinajstić information content (AvgIpc) is 2.47. The van der Waals surface area contributed by atoms with E-state index in [0.29, 0.717) is 16.6 Å². The van der Waals surface area contributed by atoms with Crippen molar-refractivity contribution in [1.29, 1.82) is 0 Å². The maximum atomic E-state index is 11.6. The standard InChI is InChI=1S/C14H14Cl2N2O2S/c1-17-21(19,20)13-6-4-12(5-7-13)18-9-10-2-3-11(15)8-14(10)16/h2-8,17-18H,9H2,1H3. The number of sulfonamides is 1. The zero-order chi connectivity index (χ0) is 15.5. The van der Waals surface area contributed by atoms with Crippen LogP contribution < -0.4 is 10.0 Å². The molecule has 0 aliphatic rings. The largest absolute Gasteiger partial charge is 0.381 e. The van der Waals surface area contributed by atoms with Gasteiger partial charge in [-0.05, 0) is 49.0 Å². The molecule has 0 atom stereocenters. The molecule has 2 aromatic carbocycles. The Kier molecular flexibility index (Phi) is 5.11. The fourth-order valence-electron chi connectivity index (χ4n) is 1.73. The van der Waals surface area contributed by atoms with E-state index in [1.807, 2.05) is 6.07 Å². The zero-order valence-electron chi connectivity index (χ0n) is 11.2. The lowest BCUT2D eigenvalue weighted by Gasteiger charge is -2.09. The summed E-state index contributed by atoms with van der Waals surface area (Å²) in [5.41, 5.74) is 1.71. The molecule has 0 fully saturated rings. The Hall–Kier alpha value is -1.27. The quantitative estimate of drug-likeness (QED) is 0.872. The molecule has 0 saturated heterocycles. The van der Waals surface area contributed by atoms with Gasteiger partial charge in [0.15, 0.2) is 0 Å². The van der Waals surface area contributed by atoms with Crippen molar-refractivity contribution in [1.82, 2.24) is 4.72 Å². The van der Waals surface area contributed by atoms with Crippen LogP contribution in [0.1, 0.15) is 5.56 Å². The molecular formula is C14H14Cl2N2O2S. The molecule has 7 heteroatoms. The fraction of sp³-hybridized carbons (Fsp3) is 0.143. The van der Waals surface area contributed by atoms with Gasteiger partial charge in [-0.25, -0.2) is 13.1 Å². The predicted molar refractivity (Wildman–Crippen MR) is 86.5 cm³/mol. The SMILES string of the molecule is CNS(=O)(=O)c1ccc(NCc2ccc(Cl)cc2Cl)cc1. The Balaban J connectivity index is 2.07. The summed E-state index contributed by atoms with van der Waals surface area (Å²) >= 11 is 11.9. The van der Waals surface area contributed by atoms with Gasteiger partial charge in [-0.3, -0.25) is 0 Å². The molecule has 4 nitrogen and oxygen atoms in total. The lowest BCUT2D eigenvalue weighted by atomic mass is 10.2. The van der Waals surface area contributed by atoms with Crippen LogP contribution in [0.15, 0.2) is 47.4 Å². The molecule has 2 rings (SSSR count). The Morgan fingerprint density at radius 3 is 2.29 bits per heavy atom. The average molecular weight is 345 g/mol. The molecule has 2 aromatic rings. The second-order valence-electron chi connectivity index (χ2n) is 4.32. The van der Waals surface area contributed by atoms with Gasteiger partial charge in [0.2, 0.25) is 10.0 Å². The predicted octanol–water partition coefficient (Wildman–Crippen LogP) is 3.51. The van der Waals surface area contributed by atoms with Crippen molar-refractivity contribution in [3.8, 4) is 0 Å². The molecule has 0 saturated carbocycles. The van der Waals surface area contributed by atoms with Crippen LogP contribution in [0.25, 0.3) is 0 Å². The summed E-state index contributed by atoms with van der Waals surface area (Å²) in [7, 11) is -2.03. The van der Waals surface area contributed by atoms with E-state index in [1.54, 1.807) is 24.3 Å². The normalized spacial score (nSPS) is 11.4. The van der Waals surface area contributed by atoms with E-state index < -0.39 is 10.0 Å². The third-order valence-electron chi connectivity index (χ3n) is 2.93.